The number of ether oxygens (including phenoxy) is 2. The van der Waals surface area contributed by atoms with Gasteiger partial charge in [-0.3, -0.25) is 0 Å². The normalized spacial score (nSPS) is 17.2. The van der Waals surface area contributed by atoms with Gasteiger partial charge in [-0.2, -0.15) is 4.89 Å². The van der Waals surface area contributed by atoms with Crippen LogP contribution in [0.4, 0.5) is 0 Å². The zero-order valence-electron chi connectivity index (χ0n) is 17.5. The summed E-state index contributed by atoms with van der Waals surface area (Å²) in [6.07, 6.45) is 6.25. The van der Waals surface area contributed by atoms with Gasteiger partial charge in [-0.15, -0.1) is 0 Å². The van der Waals surface area contributed by atoms with E-state index in [4.69, 9.17) is 19.2 Å². The van der Waals surface area contributed by atoms with Gasteiger partial charge in [-0.25, -0.2) is 9.59 Å². The lowest BCUT2D eigenvalue weighted by Crippen LogP contribution is -2.17. The van der Waals surface area contributed by atoms with Gasteiger partial charge in [0, 0.05) is 5.56 Å². The highest BCUT2D eigenvalue weighted by atomic mass is 17.2. The number of esters is 2. The average molecular weight is 395 g/mol. The third kappa shape index (κ3) is 5.50. The Labute approximate surface area is 167 Å². The minimum Gasteiger partial charge on any atom is -0.461 e. The zero-order valence-corrected chi connectivity index (χ0v) is 17.5. The minimum absolute atomic E-state index is 0.0959. The molecule has 0 saturated carbocycles. The Balaban J connectivity index is 2.29. The van der Waals surface area contributed by atoms with Gasteiger partial charge < -0.3 is 19.3 Å². The average Bonchev–Trinajstić information content (AvgIpc) is 2.91. The molecule has 1 aliphatic heterocycles. The molecule has 1 aliphatic rings. The first kappa shape index (κ1) is 22.3. The highest BCUT2D eigenvalue weighted by Crippen LogP contribution is 2.36. The second-order valence-corrected chi connectivity index (χ2v) is 7.21. The van der Waals surface area contributed by atoms with Crippen LogP contribution in [-0.2, 0) is 20.8 Å². The number of aromatic nitrogens is 1. The van der Waals surface area contributed by atoms with E-state index in [9.17, 15) is 9.59 Å². The van der Waals surface area contributed by atoms with Gasteiger partial charge in [0.05, 0.1) is 19.8 Å². The SMILES string of the molecule is CCCCC(CC)CC1COOc2c(C(=O)OCC)[nH]c(C(=O)OCC)c2C1. The molecule has 1 aromatic heterocycles. The van der Waals surface area contributed by atoms with Crippen molar-refractivity contribution in [2.45, 2.75) is 66.2 Å². The van der Waals surface area contributed by atoms with Crippen molar-refractivity contribution in [3.8, 4) is 5.75 Å². The van der Waals surface area contributed by atoms with E-state index < -0.39 is 11.9 Å². The van der Waals surface area contributed by atoms with E-state index in [1.54, 1.807) is 13.8 Å². The smallest absolute Gasteiger partial charge is 0.358 e. The van der Waals surface area contributed by atoms with Crippen LogP contribution in [0.3, 0.4) is 0 Å². The molecule has 1 N–H and O–H groups in total. The topological polar surface area (TPSA) is 86.9 Å². The molecular weight excluding hydrogens is 362 g/mol. The summed E-state index contributed by atoms with van der Waals surface area (Å²) >= 11 is 0. The molecule has 2 atom stereocenters. The quantitative estimate of drug-likeness (QED) is 0.465. The molecule has 7 heteroatoms. The molecule has 2 rings (SSSR count). The van der Waals surface area contributed by atoms with Crippen LogP contribution < -0.4 is 4.89 Å². The predicted octanol–water partition coefficient (Wildman–Crippen LogP) is 4.46. The molecule has 28 heavy (non-hydrogen) atoms. The van der Waals surface area contributed by atoms with Gasteiger partial charge in [-0.05, 0) is 38.5 Å². The van der Waals surface area contributed by atoms with Crippen molar-refractivity contribution in [1.29, 1.82) is 0 Å². The fourth-order valence-corrected chi connectivity index (χ4v) is 3.67. The van der Waals surface area contributed by atoms with Crippen molar-refractivity contribution < 1.29 is 28.8 Å². The Morgan fingerprint density at radius 1 is 1.11 bits per heavy atom. The summed E-state index contributed by atoms with van der Waals surface area (Å²) in [5, 5.41) is 0. The van der Waals surface area contributed by atoms with Crippen molar-refractivity contribution in [1.82, 2.24) is 4.98 Å². The van der Waals surface area contributed by atoms with Gasteiger partial charge in [0.2, 0.25) is 5.75 Å². The molecule has 0 aliphatic carbocycles. The van der Waals surface area contributed by atoms with Crippen LogP contribution in [0.5, 0.6) is 5.75 Å². The number of hydrogen-bond donors (Lipinski definition) is 1. The minimum atomic E-state index is -0.578. The van der Waals surface area contributed by atoms with Crippen molar-refractivity contribution in [2.24, 2.45) is 11.8 Å². The number of rotatable bonds is 10. The maximum atomic E-state index is 12.4. The van der Waals surface area contributed by atoms with Gasteiger partial charge in [0.25, 0.3) is 0 Å². The Kier molecular flexibility index (Phi) is 8.83. The molecule has 0 aromatic carbocycles. The molecule has 2 heterocycles. The first-order chi connectivity index (χ1) is 13.5. The first-order valence-electron chi connectivity index (χ1n) is 10.4. The number of nitrogens with one attached hydrogen (secondary N) is 1. The van der Waals surface area contributed by atoms with Gasteiger partial charge >= 0.3 is 11.9 Å². The number of carbonyl (C=O) groups is 2. The summed E-state index contributed by atoms with van der Waals surface area (Å²) in [7, 11) is 0. The van der Waals surface area contributed by atoms with Crippen LogP contribution in [0.25, 0.3) is 0 Å². The molecule has 0 spiro atoms. The highest BCUT2D eigenvalue weighted by Gasteiger charge is 2.33. The van der Waals surface area contributed by atoms with Crippen molar-refractivity contribution >= 4 is 11.9 Å². The van der Waals surface area contributed by atoms with E-state index in [1.165, 1.54) is 19.3 Å². The van der Waals surface area contributed by atoms with Crippen LogP contribution in [0, 0.1) is 11.8 Å². The van der Waals surface area contributed by atoms with Crippen LogP contribution >= 0.6 is 0 Å². The maximum absolute atomic E-state index is 12.4. The number of unbranched alkanes of at least 4 members (excludes halogenated alkanes) is 1. The summed E-state index contributed by atoms with van der Waals surface area (Å²) in [5.74, 6) is -0.0420. The lowest BCUT2D eigenvalue weighted by Gasteiger charge is -2.20. The molecule has 158 valence electrons. The number of carbonyl (C=O) groups excluding carboxylic acids is 2. The number of fused-ring (bicyclic) bond motifs is 1. The van der Waals surface area contributed by atoms with E-state index in [0.29, 0.717) is 24.5 Å². The van der Waals surface area contributed by atoms with Crippen LogP contribution in [0.2, 0.25) is 0 Å². The third-order valence-corrected chi connectivity index (χ3v) is 5.16. The lowest BCUT2D eigenvalue weighted by molar-refractivity contribution is -0.213. The summed E-state index contributed by atoms with van der Waals surface area (Å²) < 4.78 is 10.2. The summed E-state index contributed by atoms with van der Waals surface area (Å²) in [6, 6.07) is 0. The Morgan fingerprint density at radius 2 is 1.79 bits per heavy atom. The molecular formula is C21H33NO6. The zero-order chi connectivity index (χ0) is 20.5. The van der Waals surface area contributed by atoms with Crippen molar-refractivity contribution in [2.75, 3.05) is 19.8 Å². The largest absolute Gasteiger partial charge is 0.461 e. The molecule has 0 bridgehead atoms. The van der Waals surface area contributed by atoms with Crippen LogP contribution in [0.1, 0.15) is 86.3 Å². The third-order valence-electron chi connectivity index (χ3n) is 5.16. The monoisotopic (exact) mass is 395 g/mol. The van der Waals surface area contributed by atoms with E-state index in [1.807, 2.05) is 0 Å². The molecule has 0 radical (unpaired) electrons. The lowest BCUT2D eigenvalue weighted by atomic mass is 9.85. The molecule has 0 amide bonds. The standard InChI is InChI=1S/C21H33NO6/c1-5-9-10-14(6-2)11-15-12-16-17(20(23)25-7-3)22-18(21(24)26-8-4)19(16)28-27-13-15/h14-15,22H,5-13H2,1-4H3. The summed E-state index contributed by atoms with van der Waals surface area (Å²) in [6.45, 7) is 8.76. The van der Waals surface area contributed by atoms with Gasteiger partial charge in [-0.1, -0.05) is 39.5 Å². The Bertz CT molecular complexity index is 654. The first-order valence-corrected chi connectivity index (χ1v) is 10.4. The Morgan fingerprint density at radius 3 is 2.39 bits per heavy atom. The van der Waals surface area contributed by atoms with Crippen LogP contribution in [0.15, 0.2) is 0 Å². The molecule has 0 saturated heterocycles. The van der Waals surface area contributed by atoms with Gasteiger partial charge in [0.15, 0.2) is 5.69 Å². The van der Waals surface area contributed by atoms with Crippen molar-refractivity contribution in [3.63, 3.8) is 0 Å². The number of aromatic amines is 1. The summed E-state index contributed by atoms with van der Waals surface area (Å²) in [5.41, 5.74) is 0.977. The van der Waals surface area contributed by atoms with E-state index >= 15 is 0 Å². The van der Waals surface area contributed by atoms with E-state index in [-0.39, 0.29) is 36.3 Å². The Hall–Kier alpha value is -2.02. The second-order valence-electron chi connectivity index (χ2n) is 7.21. The highest BCUT2D eigenvalue weighted by molar-refractivity contribution is 5.97. The van der Waals surface area contributed by atoms with Crippen LogP contribution in [-0.4, -0.2) is 36.7 Å². The van der Waals surface area contributed by atoms with E-state index in [0.717, 1.165) is 12.8 Å². The number of H-pyrrole nitrogens is 1. The summed E-state index contributed by atoms with van der Waals surface area (Å²) in [4.78, 5) is 38.5. The van der Waals surface area contributed by atoms with E-state index in [2.05, 4.69) is 18.8 Å². The number of hydrogen-bond acceptors (Lipinski definition) is 6. The fraction of sp³-hybridized carbons (Fsp3) is 0.714. The van der Waals surface area contributed by atoms with Gasteiger partial charge in [0.1, 0.15) is 5.69 Å². The molecule has 7 nitrogen and oxygen atoms in total. The fourth-order valence-electron chi connectivity index (χ4n) is 3.67. The molecule has 1 aromatic rings. The van der Waals surface area contributed by atoms with Crippen molar-refractivity contribution in [3.05, 3.63) is 17.0 Å². The maximum Gasteiger partial charge on any atom is 0.358 e. The second kappa shape index (κ2) is 11.1. The predicted molar refractivity (Wildman–Crippen MR) is 104 cm³/mol. The molecule has 0 fully saturated rings. The molecule has 2 unspecified atom stereocenters.